The highest BCUT2D eigenvalue weighted by Gasteiger charge is 2.61. The van der Waals surface area contributed by atoms with E-state index in [4.69, 9.17) is 25.9 Å². The van der Waals surface area contributed by atoms with E-state index in [0.717, 1.165) is 96.0 Å². The van der Waals surface area contributed by atoms with Crippen LogP contribution in [0.4, 0.5) is 0 Å². The predicted molar refractivity (Wildman–Crippen MR) is 386 cm³/mol. The molecule has 0 unspecified atom stereocenters. The van der Waals surface area contributed by atoms with Gasteiger partial charge in [0.15, 0.2) is 5.96 Å². The number of fused-ring (bicyclic) bond motifs is 13. The highest BCUT2D eigenvalue weighted by atomic mass is 32.2. The first-order chi connectivity index (χ1) is 47.9. The molecule has 1 saturated heterocycles. The number of aliphatic imine (C=N–C) groups is 1. The molecule has 0 amide bonds. The number of aliphatic hydroxyl groups is 3. The Kier molecular flexibility index (Phi) is 16.3. The van der Waals surface area contributed by atoms with Gasteiger partial charge in [0.2, 0.25) is 5.72 Å². The maximum Gasteiger partial charge on any atom is 0.268 e. The lowest BCUT2D eigenvalue weighted by atomic mass is 9.52. The molecule has 5 aliphatic heterocycles. The molecule has 0 radical (unpaired) electrons. The van der Waals surface area contributed by atoms with Gasteiger partial charge < -0.3 is 46.7 Å². The fourth-order valence-corrected chi connectivity index (χ4v) is 22.9. The van der Waals surface area contributed by atoms with E-state index < -0.39 is 62.1 Å². The number of aromatic hydroxyl groups is 1. The maximum absolute atomic E-state index is 14.7. The molecule has 7 aromatic carbocycles. The Balaban J connectivity index is 0.794. The van der Waals surface area contributed by atoms with Gasteiger partial charge in [-0.2, -0.15) is 8.42 Å². The summed E-state index contributed by atoms with van der Waals surface area (Å²) in [5.74, 6) is 4.58. The molecule has 18 atom stereocenters. The molecule has 13 nitrogen and oxygen atoms in total. The van der Waals surface area contributed by atoms with Crippen LogP contribution in [-0.2, 0) is 58.4 Å². The second kappa shape index (κ2) is 24.9. The van der Waals surface area contributed by atoms with Crippen molar-refractivity contribution < 1.29 is 42.9 Å². The lowest BCUT2D eigenvalue weighted by Gasteiger charge is -2.57. The molecule has 0 aromatic heterocycles. The van der Waals surface area contributed by atoms with Crippen LogP contribution in [0.5, 0.6) is 11.5 Å². The monoisotopic (exact) mass is 1340 g/mol. The van der Waals surface area contributed by atoms with Crippen molar-refractivity contribution in [3.8, 4) is 23.3 Å². The average Bonchev–Trinajstić information content (AvgIpc) is 0.881. The minimum atomic E-state index is -4.74. The number of phenols is 1. The fraction of sp³-hybridized carbons (Fsp3) is 0.447. The summed E-state index contributed by atoms with van der Waals surface area (Å²) in [4.78, 5) is 5.44. The Bertz CT molecular complexity index is 4630. The molecule has 3 fully saturated rings. The molecular formula is C85H92N4O9S. The zero-order valence-corrected chi connectivity index (χ0v) is 57.5. The highest BCUT2D eigenvalue weighted by molar-refractivity contribution is 7.86. The molecule has 7 aromatic rings. The maximum atomic E-state index is 14.7. The molecule has 512 valence electrons. The van der Waals surface area contributed by atoms with Gasteiger partial charge in [0.25, 0.3) is 10.1 Å². The van der Waals surface area contributed by atoms with Crippen molar-refractivity contribution >= 4 is 26.9 Å². The Morgan fingerprint density at radius 1 is 0.808 bits per heavy atom. The Morgan fingerprint density at radius 3 is 2.43 bits per heavy atom. The van der Waals surface area contributed by atoms with Crippen LogP contribution in [0.15, 0.2) is 162 Å². The molecular weight excluding hydrogens is 1250 g/mol. The normalized spacial score (nSPS) is 33.8. The van der Waals surface area contributed by atoms with Crippen molar-refractivity contribution in [1.82, 2.24) is 5.32 Å². The quantitative estimate of drug-likeness (QED) is 0.0222. The van der Waals surface area contributed by atoms with Crippen molar-refractivity contribution in [3.05, 3.63) is 235 Å². The van der Waals surface area contributed by atoms with Crippen molar-refractivity contribution in [2.45, 2.75) is 180 Å². The Morgan fingerprint density at radius 2 is 1.63 bits per heavy atom. The topological polar surface area (TPSA) is 230 Å². The number of aryl methyl sites for hydroxylation is 2. The van der Waals surface area contributed by atoms with Crippen LogP contribution in [0.25, 0.3) is 10.8 Å². The fourth-order valence-electron chi connectivity index (χ4n) is 21.8. The number of allylic oxidation sites excluding steroid dienone is 2. The van der Waals surface area contributed by atoms with Gasteiger partial charge in [-0.25, -0.2) is 4.99 Å². The summed E-state index contributed by atoms with van der Waals surface area (Å²) < 4.78 is 56.4. The lowest BCUT2D eigenvalue weighted by molar-refractivity contribution is -0.177. The van der Waals surface area contributed by atoms with Gasteiger partial charge >= 0.3 is 0 Å². The average molecular weight is 1350 g/mol. The van der Waals surface area contributed by atoms with Crippen LogP contribution < -0.4 is 21.5 Å². The molecule has 5 heterocycles. The zero-order valence-electron chi connectivity index (χ0n) is 56.7. The molecule has 2 saturated carbocycles. The zero-order chi connectivity index (χ0) is 67.9. The van der Waals surface area contributed by atoms with Crippen molar-refractivity contribution in [2.75, 3.05) is 13.7 Å². The van der Waals surface area contributed by atoms with Crippen LogP contribution in [-0.4, -0.2) is 70.0 Å². The van der Waals surface area contributed by atoms with Gasteiger partial charge in [-0.3, -0.25) is 4.55 Å². The first kappa shape index (κ1) is 64.8. The molecule has 0 spiro atoms. The minimum absolute atomic E-state index is 0.0106. The van der Waals surface area contributed by atoms with E-state index in [-0.39, 0.29) is 78.2 Å². The smallest absolute Gasteiger partial charge is 0.268 e. The number of nitrogens with zero attached hydrogens (tertiary/aromatic N) is 1. The van der Waals surface area contributed by atoms with Gasteiger partial charge in [-0.15, -0.1) is 0 Å². The van der Waals surface area contributed by atoms with E-state index in [0.29, 0.717) is 68.2 Å². The number of guanidine groups is 1. The Hall–Kier alpha value is -7.58. The number of hydrogen-bond acceptors (Lipinski definition) is 10. The van der Waals surface area contributed by atoms with Crippen LogP contribution >= 0.6 is 0 Å². The van der Waals surface area contributed by atoms with Gasteiger partial charge in [0, 0.05) is 65.9 Å². The van der Waals surface area contributed by atoms with Crippen molar-refractivity contribution in [2.24, 2.45) is 57.9 Å². The largest absolute Gasteiger partial charge is 0.508 e. The summed E-state index contributed by atoms with van der Waals surface area (Å²) in [6, 6.07) is 46.1. The first-order valence-electron chi connectivity index (χ1n) is 36.7. The number of ether oxygens (including phenoxy) is 2. The summed E-state index contributed by atoms with van der Waals surface area (Å²) >= 11 is 0. The number of hydrogen-bond donors (Lipinski definition) is 8. The van der Waals surface area contributed by atoms with Crippen LogP contribution in [0, 0.1) is 53.3 Å². The van der Waals surface area contributed by atoms with Crippen LogP contribution in [0.1, 0.15) is 198 Å². The van der Waals surface area contributed by atoms with E-state index in [1.54, 1.807) is 12.1 Å². The summed E-state index contributed by atoms with van der Waals surface area (Å²) in [5.41, 5.74) is 25.4. The highest BCUT2D eigenvalue weighted by Crippen LogP contribution is 2.62. The van der Waals surface area contributed by atoms with Gasteiger partial charge in [-0.1, -0.05) is 140 Å². The number of benzene rings is 7. The summed E-state index contributed by atoms with van der Waals surface area (Å²) in [7, 11) is -2.72. The number of aliphatic hydroxyl groups excluding tert-OH is 1. The molecule has 99 heavy (non-hydrogen) atoms. The summed E-state index contributed by atoms with van der Waals surface area (Å²) in [5, 5.41) is 54.5. The van der Waals surface area contributed by atoms with Gasteiger partial charge in [0.05, 0.1) is 17.0 Å². The third kappa shape index (κ3) is 11.0. The van der Waals surface area contributed by atoms with E-state index in [1.165, 1.54) is 38.6 Å². The SMILES string of the molecule is CNCc1cc2cccc3c2c2c1CCc1cc([C@@H]4CC[C@@H]5CC[C@@H]([C@@]6(N=C(N)N)Oc7ccc8c(c7)CC[C@H](C)[C@@H]8C[C@@H](S(=O)(=O)O)[C@H]7C=C8C[C@H](C[C@H]9C[C@@H](CO)CC#Cc%10cc(O)ccc%10[C@@H]8O9)[C@@H]7c7ccc6cc7)[C@@H](Cc6ccccc6)[C@]5(O)C4)ccc1[C@@]1(O)C=C[C@@H]3C[C@@H]21. The number of nitrogens with one attached hydrogen (secondary N) is 1. The van der Waals surface area contributed by atoms with Gasteiger partial charge in [-0.05, 0) is 253 Å². The van der Waals surface area contributed by atoms with Crippen molar-refractivity contribution in [3.63, 3.8) is 0 Å². The summed E-state index contributed by atoms with van der Waals surface area (Å²) in [6.07, 6.45) is 15.9. The second-order valence-corrected chi connectivity index (χ2v) is 33.2. The molecule has 7 aliphatic carbocycles. The Labute approximate surface area is 582 Å². The lowest BCUT2D eigenvalue weighted by Crippen LogP contribution is -2.60. The number of rotatable bonds is 9. The van der Waals surface area contributed by atoms with Crippen molar-refractivity contribution in [1.29, 1.82) is 0 Å². The second-order valence-electron chi connectivity index (χ2n) is 31.5. The van der Waals surface area contributed by atoms with Gasteiger partial charge in [0.1, 0.15) is 23.2 Å². The molecule has 12 bridgehead atoms. The molecule has 14 heteroatoms. The minimum Gasteiger partial charge on any atom is -0.508 e. The third-order valence-electron chi connectivity index (χ3n) is 26.2. The molecule has 12 aliphatic rings. The summed E-state index contributed by atoms with van der Waals surface area (Å²) in [6.45, 7) is 2.85. The predicted octanol–water partition coefficient (Wildman–Crippen LogP) is 13.7. The van der Waals surface area contributed by atoms with E-state index in [2.05, 4.69) is 145 Å². The molecule has 10 N–H and O–H groups in total. The van der Waals surface area contributed by atoms with E-state index in [1.807, 2.05) is 25.2 Å². The standard InChI is InChI=1S/C85H92N4O9S/c1-48-14-15-54-40-65-26-29-67(54)71(48)44-77(99(94,95)96)72-42-60-38-59(41-66-34-50(47-90)10-6-11-53-39-64(91)25-28-70(53)81(60)97-66)78(72)51-16-22-63(23-17-51)85(98-65,89-82(86)87)74-31-24-62-21-18-58(45-84(62,93)75(74)35-49-8-4-3-5-9-49)52-20-30-73-56(36-52)19-27-69-61(46-88-2)37-57-12-7-13-68-55-32-33-83(73,92)76(43-55)80(69)79(57)68/h3-5,7-9,12-13,16-17,20,22-23,25-26,28-30,32-33,36-37,39-40,42,48,50,55,58-59,62,66,71-72,74-78,81,88,90-93H,10,14-15,18-19,21,24,27,31,34-35,38,41,43-47H2,1-2H3,(H4,86,87,89)(H,94,95,96)/t48-,50-,55+,58+,59+,62+,66+,71-,72+,74+,75+,76-,77+,78-,81+,83-,84-,85-/m0/s1. The number of phenolic OH excluding ortho intramolecular Hbond substituents is 1. The van der Waals surface area contributed by atoms with Crippen LogP contribution in [0.3, 0.4) is 0 Å². The number of nitrogens with two attached hydrogens (primary N) is 2. The first-order valence-corrected chi connectivity index (χ1v) is 38.2. The third-order valence-corrected chi connectivity index (χ3v) is 27.5. The van der Waals surface area contributed by atoms with Crippen LogP contribution in [0.2, 0.25) is 0 Å². The molecule has 19 rings (SSSR count). The van der Waals surface area contributed by atoms with E-state index in [9.17, 15) is 33.4 Å². The van der Waals surface area contributed by atoms with E-state index >= 15 is 0 Å².